The summed E-state index contributed by atoms with van der Waals surface area (Å²) in [6.07, 6.45) is 4.40. The van der Waals surface area contributed by atoms with E-state index in [1.807, 2.05) is 11.5 Å². The molecule has 2 heterocycles. The molecule has 2 fully saturated rings. The van der Waals surface area contributed by atoms with Gasteiger partial charge in [-0.1, -0.05) is 17.8 Å². The Bertz CT molecular complexity index is 740. The first-order valence-corrected chi connectivity index (χ1v) is 10.8. The number of hydrogen-bond acceptors (Lipinski definition) is 6. The van der Waals surface area contributed by atoms with Gasteiger partial charge < -0.3 is 9.88 Å². The highest BCUT2D eigenvalue weighted by Crippen LogP contribution is 2.31. The van der Waals surface area contributed by atoms with Crippen LogP contribution < -0.4 is 5.32 Å². The average molecular weight is 371 g/mol. The summed E-state index contributed by atoms with van der Waals surface area (Å²) in [6, 6.07) is 0.325. The number of rotatable bonds is 7. The van der Waals surface area contributed by atoms with Crippen molar-refractivity contribution >= 4 is 27.5 Å². The molecule has 1 saturated heterocycles. The molecule has 7 nitrogen and oxygen atoms in total. The fraction of sp³-hybridized carbons (Fsp3) is 0.667. The number of nitrogens with one attached hydrogen (secondary N) is 1. The quantitative estimate of drug-likeness (QED) is 0.571. The maximum atomic E-state index is 12.1. The predicted octanol–water partition coefficient (Wildman–Crippen LogP) is 1.13. The van der Waals surface area contributed by atoms with Crippen LogP contribution in [-0.4, -0.2) is 51.9 Å². The summed E-state index contributed by atoms with van der Waals surface area (Å²) in [5.74, 6) is 0.854. The van der Waals surface area contributed by atoms with Crippen molar-refractivity contribution in [2.75, 3.05) is 11.5 Å². The molecule has 1 amide bonds. The number of allylic oxidation sites excluding steroid dienone is 1. The zero-order valence-electron chi connectivity index (χ0n) is 13.6. The Hall–Kier alpha value is -1.35. The van der Waals surface area contributed by atoms with E-state index in [0.717, 1.165) is 12.8 Å². The van der Waals surface area contributed by atoms with Crippen LogP contribution in [0, 0.1) is 0 Å². The van der Waals surface area contributed by atoms with Crippen molar-refractivity contribution in [1.29, 1.82) is 0 Å². The predicted molar refractivity (Wildman–Crippen MR) is 92.7 cm³/mol. The summed E-state index contributed by atoms with van der Waals surface area (Å²) in [5.41, 5.74) is 0. The standard InChI is InChI=1S/C15H22N4O3S2/c1-3-7-19-13(11-6-8-24(21,22)9-11)17-18-15(19)23-10(2)14(20)16-12-4-5-12/h3,10-12H,1,4-9H2,2H3,(H,16,20)/t10-,11+/m1/s1. The Kier molecular flexibility index (Phi) is 5.00. The summed E-state index contributed by atoms with van der Waals surface area (Å²) in [7, 11) is -2.99. The number of hydrogen-bond donors (Lipinski definition) is 1. The lowest BCUT2D eigenvalue weighted by molar-refractivity contribution is -0.120. The van der Waals surface area contributed by atoms with Crippen LogP contribution in [0.3, 0.4) is 0 Å². The topological polar surface area (TPSA) is 93.9 Å². The van der Waals surface area contributed by atoms with Gasteiger partial charge in [0, 0.05) is 18.5 Å². The molecule has 0 unspecified atom stereocenters. The lowest BCUT2D eigenvalue weighted by Crippen LogP contribution is -2.32. The van der Waals surface area contributed by atoms with Crippen molar-refractivity contribution in [3.05, 3.63) is 18.5 Å². The SMILES string of the molecule is C=CCn1c(S[C@H](C)C(=O)NC2CC2)nnc1[C@H]1CCS(=O)(=O)C1. The van der Waals surface area contributed by atoms with Crippen molar-refractivity contribution in [1.82, 2.24) is 20.1 Å². The van der Waals surface area contributed by atoms with Crippen LogP contribution >= 0.6 is 11.8 Å². The second kappa shape index (κ2) is 6.87. The highest BCUT2D eigenvalue weighted by Gasteiger charge is 2.34. The van der Waals surface area contributed by atoms with Crippen LogP contribution in [0.25, 0.3) is 0 Å². The van der Waals surface area contributed by atoms with Gasteiger partial charge in [-0.25, -0.2) is 8.42 Å². The molecule has 24 heavy (non-hydrogen) atoms. The van der Waals surface area contributed by atoms with Gasteiger partial charge in [0.1, 0.15) is 5.82 Å². The summed E-state index contributed by atoms with van der Waals surface area (Å²) in [6.45, 7) is 6.09. The van der Waals surface area contributed by atoms with Crippen molar-refractivity contribution in [3.8, 4) is 0 Å². The van der Waals surface area contributed by atoms with Gasteiger partial charge in [0.25, 0.3) is 0 Å². The number of thioether (sulfide) groups is 1. The van der Waals surface area contributed by atoms with Crippen molar-refractivity contribution in [3.63, 3.8) is 0 Å². The molecule has 0 aromatic carbocycles. The monoisotopic (exact) mass is 370 g/mol. The number of aromatic nitrogens is 3. The summed E-state index contributed by atoms with van der Waals surface area (Å²) in [4.78, 5) is 12.1. The molecule has 9 heteroatoms. The van der Waals surface area contributed by atoms with E-state index < -0.39 is 9.84 Å². The lowest BCUT2D eigenvalue weighted by atomic mass is 10.1. The van der Waals surface area contributed by atoms with E-state index in [9.17, 15) is 13.2 Å². The molecule has 1 aromatic heterocycles. The fourth-order valence-electron chi connectivity index (χ4n) is 2.75. The third kappa shape index (κ3) is 4.00. The molecule has 1 aromatic rings. The molecule has 132 valence electrons. The van der Waals surface area contributed by atoms with E-state index in [4.69, 9.17) is 0 Å². The van der Waals surface area contributed by atoms with Crippen LogP contribution in [0.4, 0.5) is 0 Å². The van der Waals surface area contributed by atoms with E-state index in [1.54, 1.807) is 6.08 Å². The first kappa shape index (κ1) is 17.5. The smallest absolute Gasteiger partial charge is 0.233 e. The van der Waals surface area contributed by atoms with Gasteiger partial charge in [-0.05, 0) is 26.2 Å². The zero-order valence-corrected chi connectivity index (χ0v) is 15.3. The summed E-state index contributed by atoms with van der Waals surface area (Å²) >= 11 is 1.35. The summed E-state index contributed by atoms with van der Waals surface area (Å²) < 4.78 is 25.3. The van der Waals surface area contributed by atoms with Gasteiger partial charge in [0.05, 0.1) is 16.8 Å². The van der Waals surface area contributed by atoms with Gasteiger partial charge in [-0.2, -0.15) is 0 Å². The van der Waals surface area contributed by atoms with Gasteiger partial charge in [0.2, 0.25) is 5.91 Å². The molecule has 1 aliphatic carbocycles. The minimum Gasteiger partial charge on any atom is -0.352 e. The molecular formula is C15H22N4O3S2. The Morgan fingerprint density at radius 3 is 2.79 bits per heavy atom. The average Bonchev–Trinajstić information content (AvgIpc) is 3.14. The van der Waals surface area contributed by atoms with Crippen LogP contribution in [0.5, 0.6) is 0 Å². The van der Waals surface area contributed by atoms with Gasteiger partial charge >= 0.3 is 0 Å². The normalized spacial score (nSPS) is 23.8. The third-order valence-electron chi connectivity index (χ3n) is 4.23. The molecule has 1 aliphatic heterocycles. The van der Waals surface area contributed by atoms with E-state index in [-0.39, 0.29) is 28.6 Å². The Labute approximate surface area is 146 Å². The maximum absolute atomic E-state index is 12.1. The molecule has 1 N–H and O–H groups in total. The molecule has 0 bridgehead atoms. The van der Waals surface area contributed by atoms with Crippen LogP contribution in [0.2, 0.25) is 0 Å². The lowest BCUT2D eigenvalue weighted by Gasteiger charge is -2.14. The molecule has 3 rings (SSSR count). The van der Waals surface area contributed by atoms with Crippen LogP contribution in [-0.2, 0) is 21.2 Å². The first-order chi connectivity index (χ1) is 11.4. The summed E-state index contributed by atoms with van der Waals surface area (Å²) in [5, 5.41) is 11.7. The molecule has 2 aliphatic rings. The van der Waals surface area contributed by atoms with E-state index in [1.165, 1.54) is 11.8 Å². The largest absolute Gasteiger partial charge is 0.352 e. The van der Waals surface area contributed by atoms with Crippen molar-refractivity contribution < 1.29 is 13.2 Å². The number of nitrogens with zero attached hydrogens (tertiary/aromatic N) is 3. The third-order valence-corrected chi connectivity index (χ3v) is 7.08. The van der Waals surface area contributed by atoms with E-state index >= 15 is 0 Å². The fourth-order valence-corrected chi connectivity index (χ4v) is 5.36. The molecule has 0 radical (unpaired) electrons. The zero-order chi connectivity index (χ0) is 17.3. The Balaban J connectivity index is 1.75. The van der Waals surface area contributed by atoms with Crippen molar-refractivity contribution in [2.45, 2.75) is 55.1 Å². The molecular weight excluding hydrogens is 348 g/mol. The second-order valence-electron chi connectivity index (χ2n) is 6.38. The first-order valence-electron chi connectivity index (χ1n) is 8.11. The molecule has 2 atom stereocenters. The molecule has 0 spiro atoms. The van der Waals surface area contributed by atoms with E-state index in [0.29, 0.717) is 30.0 Å². The van der Waals surface area contributed by atoms with Gasteiger partial charge in [-0.15, -0.1) is 16.8 Å². The van der Waals surface area contributed by atoms with Gasteiger partial charge in [0.15, 0.2) is 15.0 Å². The Morgan fingerprint density at radius 2 is 2.21 bits per heavy atom. The number of amides is 1. The maximum Gasteiger partial charge on any atom is 0.233 e. The number of sulfone groups is 1. The van der Waals surface area contributed by atoms with Crippen LogP contribution in [0.15, 0.2) is 17.8 Å². The number of carbonyl (C=O) groups is 1. The van der Waals surface area contributed by atoms with Gasteiger partial charge in [-0.3, -0.25) is 4.79 Å². The highest BCUT2D eigenvalue weighted by molar-refractivity contribution is 8.00. The van der Waals surface area contributed by atoms with Crippen LogP contribution in [0.1, 0.15) is 37.9 Å². The van der Waals surface area contributed by atoms with E-state index in [2.05, 4.69) is 22.1 Å². The number of carbonyl (C=O) groups excluding carboxylic acids is 1. The minimum absolute atomic E-state index is 0.000599. The second-order valence-corrected chi connectivity index (χ2v) is 9.92. The van der Waals surface area contributed by atoms with Crippen molar-refractivity contribution in [2.24, 2.45) is 0 Å². The minimum atomic E-state index is -2.99. The molecule has 1 saturated carbocycles. The highest BCUT2D eigenvalue weighted by atomic mass is 32.2. The Morgan fingerprint density at radius 1 is 1.46 bits per heavy atom.